The van der Waals surface area contributed by atoms with E-state index >= 15 is 0 Å². The highest BCUT2D eigenvalue weighted by Gasteiger charge is 2.24. The standard InChI is InChI=1S/C24H21N7O5S3/c1-3-19(38-23-26-20(17-6-4-12-35-17)21(28-29-23)18-7-5-13-36-18)22(32)25-15-8-10-16(11-9-15)39(33,34)31-24-30-27-14(2)37-24/h4-13,19H,3H2,1-2H3,(H,25,32)(H,30,31). The summed E-state index contributed by atoms with van der Waals surface area (Å²) in [6, 6.07) is 12.8. The molecule has 1 amide bonds. The number of thioether (sulfide) groups is 1. The molecule has 0 aliphatic rings. The van der Waals surface area contributed by atoms with Gasteiger partial charge in [-0.1, -0.05) is 30.0 Å². The fourth-order valence-corrected chi connectivity index (χ4v) is 6.07. The van der Waals surface area contributed by atoms with Gasteiger partial charge in [-0.15, -0.1) is 20.4 Å². The smallest absolute Gasteiger partial charge is 0.263 e. The zero-order chi connectivity index (χ0) is 27.4. The maximum atomic E-state index is 13.1. The summed E-state index contributed by atoms with van der Waals surface area (Å²) < 4.78 is 38.6. The number of sulfonamides is 1. The average Bonchev–Trinajstić information content (AvgIpc) is 3.71. The molecule has 0 radical (unpaired) electrons. The Morgan fingerprint density at radius 3 is 2.26 bits per heavy atom. The monoisotopic (exact) mass is 583 g/mol. The number of hydrogen-bond acceptors (Lipinski definition) is 12. The third-order valence-electron chi connectivity index (χ3n) is 5.27. The molecule has 1 atom stereocenters. The van der Waals surface area contributed by atoms with Crippen LogP contribution in [0.4, 0.5) is 10.8 Å². The Morgan fingerprint density at radius 1 is 0.974 bits per heavy atom. The minimum absolute atomic E-state index is 0.0244. The number of nitrogens with zero attached hydrogens (tertiary/aromatic N) is 5. The number of furan rings is 2. The van der Waals surface area contributed by atoms with Crippen LogP contribution in [-0.2, 0) is 14.8 Å². The number of benzene rings is 1. The van der Waals surface area contributed by atoms with Crippen molar-refractivity contribution in [2.24, 2.45) is 0 Å². The first-order valence-corrected chi connectivity index (χ1v) is 14.7. The SMILES string of the molecule is CCC(Sc1nnc(-c2ccco2)c(-c2ccco2)n1)C(=O)Nc1ccc(S(=O)(=O)Nc2nnc(C)s2)cc1. The van der Waals surface area contributed by atoms with Crippen molar-refractivity contribution in [3.05, 3.63) is 66.1 Å². The molecule has 0 saturated heterocycles. The molecule has 0 fully saturated rings. The van der Waals surface area contributed by atoms with Gasteiger partial charge in [0.05, 0.1) is 22.7 Å². The van der Waals surface area contributed by atoms with Crippen LogP contribution < -0.4 is 10.0 Å². The van der Waals surface area contributed by atoms with Crippen molar-refractivity contribution in [3.63, 3.8) is 0 Å². The Balaban J connectivity index is 1.29. The van der Waals surface area contributed by atoms with Gasteiger partial charge in [0.25, 0.3) is 10.0 Å². The van der Waals surface area contributed by atoms with Gasteiger partial charge < -0.3 is 14.2 Å². The zero-order valence-corrected chi connectivity index (χ0v) is 23.0. The molecule has 0 bridgehead atoms. The van der Waals surface area contributed by atoms with E-state index in [0.717, 1.165) is 23.1 Å². The molecule has 0 spiro atoms. The van der Waals surface area contributed by atoms with Crippen molar-refractivity contribution in [1.29, 1.82) is 0 Å². The average molecular weight is 584 g/mol. The third-order valence-corrected chi connectivity index (χ3v) is 8.72. The summed E-state index contributed by atoms with van der Waals surface area (Å²) in [6.45, 7) is 3.59. The van der Waals surface area contributed by atoms with Gasteiger partial charge >= 0.3 is 0 Å². The Labute approximate surface area is 231 Å². The number of aromatic nitrogens is 5. The van der Waals surface area contributed by atoms with Crippen LogP contribution in [0.2, 0.25) is 0 Å². The van der Waals surface area contributed by atoms with E-state index in [1.165, 1.54) is 36.8 Å². The molecular weight excluding hydrogens is 563 g/mol. The first kappa shape index (κ1) is 26.5. The maximum absolute atomic E-state index is 13.1. The van der Waals surface area contributed by atoms with E-state index in [1.54, 1.807) is 31.2 Å². The highest BCUT2D eigenvalue weighted by molar-refractivity contribution is 8.00. The van der Waals surface area contributed by atoms with Gasteiger partial charge in [-0.3, -0.25) is 9.52 Å². The lowest BCUT2D eigenvalue weighted by Gasteiger charge is -2.14. The van der Waals surface area contributed by atoms with Crippen LogP contribution >= 0.6 is 23.1 Å². The fraction of sp³-hybridized carbons (Fsp3) is 0.167. The van der Waals surface area contributed by atoms with Gasteiger partial charge in [-0.2, -0.15) is 0 Å². The Hall–Kier alpha value is -4.08. The summed E-state index contributed by atoms with van der Waals surface area (Å²) in [7, 11) is -3.85. The first-order valence-electron chi connectivity index (χ1n) is 11.6. The minimum atomic E-state index is -3.85. The van der Waals surface area contributed by atoms with E-state index in [-0.39, 0.29) is 21.1 Å². The maximum Gasteiger partial charge on any atom is 0.263 e. The van der Waals surface area contributed by atoms with E-state index in [9.17, 15) is 13.2 Å². The minimum Gasteiger partial charge on any atom is -0.463 e. The van der Waals surface area contributed by atoms with Crippen molar-refractivity contribution in [2.75, 3.05) is 10.0 Å². The molecule has 15 heteroatoms. The molecule has 1 unspecified atom stereocenters. The predicted octanol–water partition coefficient (Wildman–Crippen LogP) is 4.86. The van der Waals surface area contributed by atoms with Crippen LogP contribution in [-0.4, -0.2) is 45.0 Å². The quantitative estimate of drug-likeness (QED) is 0.216. The second-order valence-corrected chi connectivity index (χ2v) is 12.0. The summed E-state index contributed by atoms with van der Waals surface area (Å²) in [5.41, 5.74) is 1.30. The number of amides is 1. The van der Waals surface area contributed by atoms with Crippen molar-refractivity contribution in [3.8, 4) is 22.9 Å². The molecule has 0 aliphatic carbocycles. The number of rotatable bonds is 10. The van der Waals surface area contributed by atoms with Gasteiger partial charge in [0, 0.05) is 5.69 Å². The number of carbonyl (C=O) groups is 1. The second kappa shape index (κ2) is 11.3. The lowest BCUT2D eigenvalue weighted by molar-refractivity contribution is -0.115. The number of carbonyl (C=O) groups excluding carboxylic acids is 1. The van der Waals surface area contributed by atoms with Crippen molar-refractivity contribution < 1.29 is 22.0 Å². The van der Waals surface area contributed by atoms with E-state index in [2.05, 4.69) is 35.4 Å². The van der Waals surface area contributed by atoms with Gasteiger partial charge in [0.15, 0.2) is 17.2 Å². The van der Waals surface area contributed by atoms with Crippen molar-refractivity contribution in [2.45, 2.75) is 35.6 Å². The zero-order valence-electron chi connectivity index (χ0n) is 20.6. The topological polar surface area (TPSA) is 166 Å². The molecule has 12 nitrogen and oxygen atoms in total. The molecule has 39 heavy (non-hydrogen) atoms. The molecule has 0 saturated carbocycles. The number of hydrogen-bond donors (Lipinski definition) is 2. The van der Waals surface area contributed by atoms with Gasteiger partial charge in [-0.05, 0) is 61.9 Å². The van der Waals surface area contributed by atoms with Gasteiger partial charge in [0.1, 0.15) is 10.7 Å². The van der Waals surface area contributed by atoms with Crippen LogP contribution in [0.25, 0.3) is 22.9 Å². The number of nitrogens with one attached hydrogen (secondary N) is 2. The summed E-state index contributed by atoms with van der Waals surface area (Å²) >= 11 is 2.29. The second-order valence-electron chi connectivity index (χ2n) is 8.01. The van der Waals surface area contributed by atoms with Crippen LogP contribution in [0.15, 0.2) is 79.9 Å². The summed E-state index contributed by atoms with van der Waals surface area (Å²) in [5.74, 6) is 0.682. The van der Waals surface area contributed by atoms with Gasteiger partial charge in [0.2, 0.25) is 16.2 Å². The molecule has 200 valence electrons. The number of anilines is 2. The summed E-state index contributed by atoms with van der Waals surface area (Å²) in [5, 5.41) is 19.4. The molecule has 4 heterocycles. The van der Waals surface area contributed by atoms with Crippen molar-refractivity contribution >= 4 is 49.8 Å². The molecule has 5 rings (SSSR count). The highest BCUT2D eigenvalue weighted by atomic mass is 32.2. The van der Waals surface area contributed by atoms with Crippen molar-refractivity contribution in [1.82, 2.24) is 25.4 Å². The molecule has 5 aromatic rings. The lowest BCUT2D eigenvalue weighted by atomic mass is 10.2. The lowest BCUT2D eigenvalue weighted by Crippen LogP contribution is -2.25. The highest BCUT2D eigenvalue weighted by Crippen LogP contribution is 2.32. The molecule has 4 aromatic heterocycles. The molecule has 2 N–H and O–H groups in total. The van der Waals surface area contributed by atoms with Crippen LogP contribution in [0.5, 0.6) is 0 Å². The largest absolute Gasteiger partial charge is 0.463 e. The molecular formula is C24H21N7O5S3. The van der Waals surface area contributed by atoms with Crippen LogP contribution in [0.3, 0.4) is 0 Å². The van der Waals surface area contributed by atoms with Crippen LogP contribution in [0, 0.1) is 6.92 Å². The number of aryl methyl sites for hydroxylation is 1. The Kier molecular flexibility index (Phi) is 7.72. The van der Waals surface area contributed by atoms with Crippen LogP contribution in [0.1, 0.15) is 18.4 Å². The first-order chi connectivity index (χ1) is 18.8. The van der Waals surface area contributed by atoms with E-state index in [1.807, 2.05) is 6.92 Å². The Morgan fingerprint density at radius 2 is 1.67 bits per heavy atom. The third kappa shape index (κ3) is 6.16. The van der Waals surface area contributed by atoms with E-state index < -0.39 is 15.3 Å². The van der Waals surface area contributed by atoms with E-state index in [4.69, 9.17) is 8.83 Å². The predicted molar refractivity (Wildman–Crippen MR) is 146 cm³/mol. The summed E-state index contributed by atoms with van der Waals surface area (Å²) in [4.78, 5) is 17.7. The Bertz CT molecular complexity index is 1670. The molecule has 1 aromatic carbocycles. The fourth-order valence-electron chi connectivity index (χ4n) is 3.43. The van der Waals surface area contributed by atoms with Gasteiger partial charge in [-0.25, -0.2) is 13.4 Å². The van der Waals surface area contributed by atoms with E-state index in [0.29, 0.717) is 40.0 Å². The molecule has 0 aliphatic heterocycles. The summed E-state index contributed by atoms with van der Waals surface area (Å²) in [6.07, 6.45) is 3.54. The normalized spacial score (nSPS) is 12.3.